The van der Waals surface area contributed by atoms with Crippen molar-refractivity contribution in [3.05, 3.63) is 46.7 Å². The van der Waals surface area contributed by atoms with Crippen molar-refractivity contribution in [2.75, 3.05) is 5.32 Å². The van der Waals surface area contributed by atoms with Crippen LogP contribution in [0.4, 0.5) is 5.69 Å². The van der Waals surface area contributed by atoms with Crippen LogP contribution in [0.15, 0.2) is 41.1 Å². The van der Waals surface area contributed by atoms with Gasteiger partial charge in [-0.3, -0.25) is 9.48 Å². The lowest BCUT2D eigenvalue weighted by molar-refractivity contribution is -0.116. The lowest BCUT2D eigenvalue weighted by atomic mass is 10.2. The lowest BCUT2D eigenvalue weighted by Gasteiger charge is -2.09. The number of hydrogen-bond donors (Lipinski definition) is 2. The number of hydrogen-bond acceptors (Lipinski definition) is 3. The molecule has 0 aliphatic heterocycles. The zero-order valence-electron chi connectivity index (χ0n) is 10.4. The van der Waals surface area contributed by atoms with E-state index in [0.717, 1.165) is 0 Å². The van der Waals surface area contributed by atoms with E-state index in [1.165, 1.54) is 6.07 Å². The first-order valence-electron chi connectivity index (χ1n) is 5.86. The molecule has 1 heterocycles. The van der Waals surface area contributed by atoms with E-state index in [2.05, 4.69) is 26.3 Å². The van der Waals surface area contributed by atoms with E-state index in [9.17, 15) is 9.59 Å². The molecule has 20 heavy (non-hydrogen) atoms. The number of aromatic nitrogens is 2. The molecule has 7 heteroatoms. The van der Waals surface area contributed by atoms with Crippen molar-refractivity contribution in [1.82, 2.24) is 9.78 Å². The van der Waals surface area contributed by atoms with Crippen LogP contribution in [0.2, 0.25) is 0 Å². The molecular weight excluding hydrogens is 326 g/mol. The van der Waals surface area contributed by atoms with Crippen LogP contribution in [0, 0.1) is 0 Å². The number of benzene rings is 1. The number of amides is 1. The van der Waals surface area contributed by atoms with Crippen LogP contribution >= 0.6 is 15.9 Å². The maximum atomic E-state index is 11.8. The van der Waals surface area contributed by atoms with Gasteiger partial charge >= 0.3 is 5.97 Å². The van der Waals surface area contributed by atoms with Gasteiger partial charge < -0.3 is 10.4 Å². The van der Waals surface area contributed by atoms with Crippen LogP contribution in [0.25, 0.3) is 0 Å². The molecule has 2 aromatic rings. The summed E-state index contributed by atoms with van der Waals surface area (Å²) in [6.07, 6.45) is 3.61. The number of aryl methyl sites for hydroxylation is 1. The maximum Gasteiger partial charge on any atom is 0.337 e. The van der Waals surface area contributed by atoms with Gasteiger partial charge in [0.2, 0.25) is 5.91 Å². The van der Waals surface area contributed by atoms with Crippen molar-refractivity contribution in [3.63, 3.8) is 0 Å². The van der Waals surface area contributed by atoms with Gasteiger partial charge in [-0.1, -0.05) is 15.9 Å². The second kappa shape index (κ2) is 6.33. The number of nitrogens with one attached hydrogen (secondary N) is 1. The van der Waals surface area contributed by atoms with Gasteiger partial charge in [0.15, 0.2) is 0 Å². The van der Waals surface area contributed by atoms with E-state index in [1.807, 2.05) is 0 Å². The predicted octanol–water partition coefficient (Wildman–Crippen LogP) is 2.37. The van der Waals surface area contributed by atoms with Gasteiger partial charge in [-0.05, 0) is 24.3 Å². The molecule has 1 aromatic heterocycles. The number of rotatable bonds is 5. The highest BCUT2D eigenvalue weighted by Gasteiger charge is 2.13. The van der Waals surface area contributed by atoms with Gasteiger partial charge in [0, 0.05) is 29.8 Å². The van der Waals surface area contributed by atoms with Crippen molar-refractivity contribution in [1.29, 1.82) is 0 Å². The summed E-state index contributed by atoms with van der Waals surface area (Å²) >= 11 is 3.20. The minimum atomic E-state index is -1.09. The fourth-order valence-electron chi connectivity index (χ4n) is 1.66. The average Bonchev–Trinajstić information content (AvgIpc) is 2.91. The van der Waals surface area contributed by atoms with Crippen LogP contribution in [0.5, 0.6) is 0 Å². The molecule has 0 spiro atoms. The average molecular weight is 338 g/mol. The lowest BCUT2D eigenvalue weighted by Crippen LogP contribution is -2.16. The Morgan fingerprint density at radius 2 is 2.20 bits per heavy atom. The zero-order valence-corrected chi connectivity index (χ0v) is 12.0. The summed E-state index contributed by atoms with van der Waals surface area (Å²) < 4.78 is 2.28. The molecule has 2 N–H and O–H groups in total. The van der Waals surface area contributed by atoms with Crippen LogP contribution in [-0.4, -0.2) is 26.8 Å². The smallest absolute Gasteiger partial charge is 0.337 e. The van der Waals surface area contributed by atoms with E-state index >= 15 is 0 Å². The Bertz CT molecular complexity index is 626. The highest BCUT2D eigenvalue weighted by Crippen LogP contribution is 2.21. The van der Waals surface area contributed by atoms with Gasteiger partial charge in [0.25, 0.3) is 0 Å². The van der Waals surface area contributed by atoms with Crippen LogP contribution < -0.4 is 5.32 Å². The molecule has 104 valence electrons. The van der Waals surface area contributed by atoms with E-state index in [-0.39, 0.29) is 23.6 Å². The van der Waals surface area contributed by atoms with E-state index < -0.39 is 5.97 Å². The van der Waals surface area contributed by atoms with Crippen molar-refractivity contribution in [2.45, 2.75) is 13.0 Å². The fourth-order valence-corrected chi connectivity index (χ4v) is 2.03. The minimum absolute atomic E-state index is 0.0480. The Balaban J connectivity index is 2.02. The van der Waals surface area contributed by atoms with Crippen molar-refractivity contribution >= 4 is 33.5 Å². The molecule has 1 aromatic carbocycles. The quantitative estimate of drug-likeness (QED) is 0.877. The first kappa shape index (κ1) is 14.3. The van der Waals surface area contributed by atoms with Crippen LogP contribution in [0.3, 0.4) is 0 Å². The van der Waals surface area contributed by atoms with Gasteiger partial charge in [-0.25, -0.2) is 4.79 Å². The molecule has 0 bridgehead atoms. The second-order valence-corrected chi connectivity index (χ2v) is 4.98. The molecule has 0 radical (unpaired) electrons. The summed E-state index contributed by atoms with van der Waals surface area (Å²) in [4.78, 5) is 22.9. The largest absolute Gasteiger partial charge is 0.478 e. The maximum absolute atomic E-state index is 11.8. The predicted molar refractivity (Wildman–Crippen MR) is 76.6 cm³/mol. The third kappa shape index (κ3) is 3.67. The van der Waals surface area contributed by atoms with Crippen molar-refractivity contribution in [2.24, 2.45) is 0 Å². The number of carbonyl (C=O) groups excluding carboxylic acids is 1. The number of carbonyl (C=O) groups is 2. The number of carboxylic acids is 1. The Kier molecular flexibility index (Phi) is 4.52. The van der Waals surface area contributed by atoms with Gasteiger partial charge in [0.1, 0.15) is 0 Å². The molecule has 6 nitrogen and oxygen atoms in total. The Morgan fingerprint density at radius 1 is 1.40 bits per heavy atom. The van der Waals surface area contributed by atoms with Gasteiger partial charge in [-0.15, -0.1) is 0 Å². The van der Waals surface area contributed by atoms with E-state index in [1.54, 1.807) is 35.3 Å². The number of anilines is 1. The second-order valence-electron chi connectivity index (χ2n) is 4.06. The third-order valence-corrected chi connectivity index (χ3v) is 3.11. The Morgan fingerprint density at radius 3 is 2.85 bits per heavy atom. The van der Waals surface area contributed by atoms with Crippen LogP contribution in [-0.2, 0) is 11.3 Å². The summed E-state index contributed by atoms with van der Waals surface area (Å²) in [5.41, 5.74) is 0.331. The molecule has 0 saturated carbocycles. The molecule has 0 fully saturated rings. The molecule has 0 atom stereocenters. The highest BCUT2D eigenvalue weighted by atomic mass is 79.9. The normalized spacial score (nSPS) is 10.2. The summed E-state index contributed by atoms with van der Waals surface area (Å²) in [7, 11) is 0. The van der Waals surface area contributed by atoms with Crippen molar-refractivity contribution in [3.8, 4) is 0 Å². The number of nitrogens with zero attached hydrogens (tertiary/aromatic N) is 2. The summed E-state index contributed by atoms with van der Waals surface area (Å²) in [5.74, 6) is -1.35. The third-order valence-electron chi connectivity index (χ3n) is 2.61. The summed E-state index contributed by atoms with van der Waals surface area (Å²) in [6.45, 7) is 0.442. The van der Waals surface area contributed by atoms with Gasteiger partial charge in [0.05, 0.1) is 11.3 Å². The Hall–Kier alpha value is -2.15. The number of aromatic carboxylic acids is 1. The number of halogens is 1. The van der Waals surface area contributed by atoms with E-state index in [4.69, 9.17) is 5.11 Å². The van der Waals surface area contributed by atoms with Crippen molar-refractivity contribution < 1.29 is 14.7 Å². The molecule has 0 aliphatic rings. The first-order chi connectivity index (χ1) is 9.56. The first-order valence-corrected chi connectivity index (χ1v) is 6.65. The fraction of sp³-hybridized carbons (Fsp3) is 0.154. The Labute approximate surface area is 123 Å². The molecule has 0 saturated heterocycles. The molecule has 0 aliphatic carbocycles. The van der Waals surface area contributed by atoms with E-state index in [0.29, 0.717) is 11.0 Å². The molecule has 0 unspecified atom stereocenters. The van der Waals surface area contributed by atoms with Crippen LogP contribution in [0.1, 0.15) is 16.8 Å². The number of carboxylic acid groups (broad SMARTS) is 1. The highest BCUT2D eigenvalue weighted by molar-refractivity contribution is 9.10. The molecule has 1 amide bonds. The molecule has 2 rings (SSSR count). The summed E-state index contributed by atoms with van der Waals surface area (Å²) in [5, 5.41) is 15.7. The minimum Gasteiger partial charge on any atom is -0.478 e. The summed E-state index contributed by atoms with van der Waals surface area (Å²) in [6, 6.07) is 6.45. The standard InChI is InChI=1S/C13H12BrN3O3/c14-9-2-3-11(10(8-9)13(19)20)16-12(18)4-7-17-6-1-5-15-17/h1-3,5-6,8H,4,7H2,(H,16,18)(H,19,20). The monoisotopic (exact) mass is 337 g/mol. The van der Waals surface area contributed by atoms with Gasteiger partial charge in [-0.2, -0.15) is 5.10 Å². The zero-order chi connectivity index (χ0) is 14.5. The topological polar surface area (TPSA) is 84.2 Å². The SMILES string of the molecule is O=C(CCn1cccn1)Nc1ccc(Br)cc1C(=O)O. The molecular formula is C13H12BrN3O3.